The summed E-state index contributed by atoms with van der Waals surface area (Å²) in [5, 5.41) is 0.584. The SMILES string of the molecule is O=C1[C@@H]2CCCN2[C@@H](c2cccc(F)c2)N1c1cccc(Cl)c1. The molecule has 0 radical (unpaired) electrons. The molecule has 0 aliphatic carbocycles. The highest BCUT2D eigenvalue weighted by Gasteiger charge is 2.49. The monoisotopic (exact) mass is 330 g/mol. The Kier molecular flexibility index (Phi) is 3.58. The van der Waals surface area contributed by atoms with Crippen LogP contribution in [0.3, 0.4) is 0 Å². The molecule has 2 saturated heterocycles. The third kappa shape index (κ3) is 2.42. The summed E-state index contributed by atoms with van der Waals surface area (Å²) >= 11 is 6.10. The van der Waals surface area contributed by atoms with Crippen LogP contribution in [0.5, 0.6) is 0 Å². The first-order valence-electron chi connectivity index (χ1n) is 7.75. The first-order chi connectivity index (χ1) is 11.1. The lowest BCUT2D eigenvalue weighted by molar-refractivity contribution is -0.119. The van der Waals surface area contributed by atoms with Gasteiger partial charge in [-0.2, -0.15) is 0 Å². The molecule has 0 bridgehead atoms. The molecule has 0 spiro atoms. The van der Waals surface area contributed by atoms with Gasteiger partial charge in [-0.3, -0.25) is 14.6 Å². The Hall–Kier alpha value is -1.91. The van der Waals surface area contributed by atoms with E-state index >= 15 is 0 Å². The van der Waals surface area contributed by atoms with Gasteiger partial charge >= 0.3 is 0 Å². The van der Waals surface area contributed by atoms with Gasteiger partial charge in [0.15, 0.2) is 0 Å². The first kappa shape index (κ1) is 14.7. The zero-order valence-electron chi connectivity index (χ0n) is 12.5. The van der Waals surface area contributed by atoms with E-state index in [1.807, 2.05) is 18.2 Å². The van der Waals surface area contributed by atoms with Crippen LogP contribution in [-0.2, 0) is 4.79 Å². The number of benzene rings is 2. The van der Waals surface area contributed by atoms with Crippen LogP contribution in [0.4, 0.5) is 10.1 Å². The molecule has 2 aliphatic rings. The lowest BCUT2D eigenvalue weighted by atomic mass is 10.1. The highest BCUT2D eigenvalue weighted by molar-refractivity contribution is 6.31. The van der Waals surface area contributed by atoms with Gasteiger partial charge < -0.3 is 0 Å². The maximum atomic E-state index is 13.7. The number of fused-ring (bicyclic) bond motifs is 1. The highest BCUT2D eigenvalue weighted by Crippen LogP contribution is 2.42. The lowest BCUT2D eigenvalue weighted by Crippen LogP contribution is -2.32. The van der Waals surface area contributed by atoms with Crippen molar-refractivity contribution < 1.29 is 9.18 Å². The summed E-state index contributed by atoms with van der Waals surface area (Å²) in [6.45, 7) is 0.842. The molecule has 2 aliphatic heterocycles. The average molecular weight is 331 g/mol. The summed E-state index contributed by atoms with van der Waals surface area (Å²) in [5.41, 5.74) is 1.55. The maximum Gasteiger partial charge on any atom is 0.246 e. The number of carbonyl (C=O) groups is 1. The van der Waals surface area contributed by atoms with E-state index in [4.69, 9.17) is 11.6 Å². The van der Waals surface area contributed by atoms with Gasteiger partial charge in [-0.1, -0.05) is 29.8 Å². The number of hydrogen-bond donors (Lipinski definition) is 0. The van der Waals surface area contributed by atoms with Gasteiger partial charge in [-0.25, -0.2) is 4.39 Å². The van der Waals surface area contributed by atoms with E-state index in [1.54, 1.807) is 23.1 Å². The van der Waals surface area contributed by atoms with Crippen molar-refractivity contribution in [1.29, 1.82) is 0 Å². The van der Waals surface area contributed by atoms with Gasteiger partial charge in [0.05, 0.1) is 6.04 Å². The molecule has 3 nitrogen and oxygen atoms in total. The second-order valence-corrected chi connectivity index (χ2v) is 6.45. The molecule has 2 aromatic rings. The van der Waals surface area contributed by atoms with Crippen molar-refractivity contribution >= 4 is 23.2 Å². The Morgan fingerprint density at radius 3 is 2.74 bits per heavy atom. The zero-order valence-corrected chi connectivity index (χ0v) is 13.2. The Balaban J connectivity index is 1.83. The number of halogens is 2. The molecular formula is C18H16ClFN2O. The van der Waals surface area contributed by atoms with Crippen LogP contribution in [0.15, 0.2) is 48.5 Å². The number of nitrogens with zero attached hydrogens (tertiary/aromatic N) is 2. The van der Waals surface area contributed by atoms with E-state index in [1.165, 1.54) is 12.1 Å². The zero-order chi connectivity index (χ0) is 16.0. The summed E-state index contributed by atoms with van der Waals surface area (Å²) < 4.78 is 13.7. The lowest BCUT2D eigenvalue weighted by Gasteiger charge is -2.29. The summed E-state index contributed by atoms with van der Waals surface area (Å²) in [5.74, 6) is -0.220. The maximum absolute atomic E-state index is 13.7. The van der Waals surface area contributed by atoms with Gasteiger partial charge in [0.2, 0.25) is 5.91 Å². The van der Waals surface area contributed by atoms with Crippen molar-refractivity contribution in [2.24, 2.45) is 0 Å². The number of carbonyl (C=O) groups excluding carboxylic acids is 1. The summed E-state index contributed by atoms with van der Waals surface area (Å²) in [6.07, 6.45) is 1.57. The molecule has 2 aromatic carbocycles. The third-order valence-corrected chi connectivity index (χ3v) is 4.84. The predicted octanol–water partition coefficient (Wildman–Crippen LogP) is 3.99. The molecule has 0 saturated carbocycles. The number of hydrogen-bond acceptors (Lipinski definition) is 2. The van der Waals surface area contributed by atoms with Crippen LogP contribution in [0.25, 0.3) is 0 Å². The van der Waals surface area contributed by atoms with Crippen LogP contribution < -0.4 is 4.90 Å². The Bertz CT molecular complexity index is 766. The quantitative estimate of drug-likeness (QED) is 0.831. The second-order valence-electron chi connectivity index (χ2n) is 6.01. The van der Waals surface area contributed by atoms with E-state index in [2.05, 4.69) is 4.90 Å². The Morgan fingerprint density at radius 2 is 1.96 bits per heavy atom. The standard InChI is InChI=1S/C18H16ClFN2O/c19-13-5-2-7-15(11-13)22-17(12-4-1-6-14(20)10-12)21-9-3-8-16(21)18(22)23/h1-2,4-7,10-11,16-17H,3,8-9H2/t16-,17+/m0/s1. The summed E-state index contributed by atoms with van der Waals surface area (Å²) in [4.78, 5) is 16.8. The van der Waals surface area contributed by atoms with Crippen molar-refractivity contribution in [2.75, 3.05) is 11.4 Å². The van der Waals surface area contributed by atoms with Gasteiger partial charge in [0.1, 0.15) is 12.0 Å². The molecule has 2 atom stereocenters. The topological polar surface area (TPSA) is 23.6 Å². The number of rotatable bonds is 2. The van der Waals surface area contributed by atoms with Crippen LogP contribution in [0.1, 0.15) is 24.6 Å². The fourth-order valence-electron chi connectivity index (χ4n) is 3.68. The van der Waals surface area contributed by atoms with E-state index in [0.29, 0.717) is 5.02 Å². The number of amides is 1. The normalized spacial score (nSPS) is 24.3. The second kappa shape index (κ2) is 5.62. The van der Waals surface area contributed by atoms with Crippen LogP contribution in [0, 0.1) is 5.82 Å². The molecule has 5 heteroatoms. The van der Waals surface area contributed by atoms with Gasteiger partial charge in [0.25, 0.3) is 0 Å². The minimum absolute atomic E-state index is 0.0685. The largest absolute Gasteiger partial charge is 0.290 e. The molecule has 23 heavy (non-hydrogen) atoms. The highest BCUT2D eigenvalue weighted by atomic mass is 35.5. The smallest absolute Gasteiger partial charge is 0.246 e. The van der Waals surface area contributed by atoms with E-state index in [-0.39, 0.29) is 23.9 Å². The third-order valence-electron chi connectivity index (χ3n) is 4.61. The van der Waals surface area contributed by atoms with Crippen molar-refractivity contribution in [2.45, 2.75) is 25.0 Å². The first-order valence-corrected chi connectivity index (χ1v) is 8.13. The van der Waals surface area contributed by atoms with Gasteiger partial charge in [-0.15, -0.1) is 0 Å². The molecule has 4 rings (SSSR count). The van der Waals surface area contributed by atoms with E-state index < -0.39 is 0 Å². The van der Waals surface area contributed by atoms with E-state index in [0.717, 1.165) is 30.6 Å². The molecule has 118 valence electrons. The molecule has 1 amide bonds. The van der Waals surface area contributed by atoms with Gasteiger partial charge in [0, 0.05) is 17.3 Å². The molecule has 0 aromatic heterocycles. The average Bonchev–Trinajstić information content (AvgIpc) is 3.09. The van der Waals surface area contributed by atoms with E-state index in [9.17, 15) is 9.18 Å². The molecule has 0 N–H and O–H groups in total. The Morgan fingerprint density at radius 1 is 1.13 bits per heavy atom. The Labute approximate surface area is 139 Å². The van der Waals surface area contributed by atoms with Crippen molar-refractivity contribution in [3.05, 3.63) is 64.9 Å². The van der Waals surface area contributed by atoms with Crippen molar-refractivity contribution in [3.63, 3.8) is 0 Å². The fraction of sp³-hybridized carbons (Fsp3) is 0.278. The fourth-order valence-corrected chi connectivity index (χ4v) is 3.86. The van der Waals surface area contributed by atoms with Crippen molar-refractivity contribution in [3.8, 4) is 0 Å². The molecule has 2 fully saturated rings. The molecule has 2 heterocycles. The summed E-state index contributed by atoms with van der Waals surface area (Å²) in [6, 6.07) is 13.6. The van der Waals surface area contributed by atoms with Crippen LogP contribution >= 0.6 is 11.6 Å². The minimum Gasteiger partial charge on any atom is -0.290 e. The van der Waals surface area contributed by atoms with Crippen LogP contribution in [-0.4, -0.2) is 23.4 Å². The molecular weight excluding hydrogens is 315 g/mol. The number of anilines is 1. The predicted molar refractivity (Wildman–Crippen MR) is 87.8 cm³/mol. The summed E-state index contributed by atoms with van der Waals surface area (Å²) in [7, 11) is 0. The van der Waals surface area contributed by atoms with Gasteiger partial charge in [-0.05, 0) is 48.7 Å². The molecule has 0 unspecified atom stereocenters. The van der Waals surface area contributed by atoms with Crippen molar-refractivity contribution in [1.82, 2.24) is 4.90 Å². The minimum atomic E-state index is -0.288. The van der Waals surface area contributed by atoms with Crippen LogP contribution in [0.2, 0.25) is 5.02 Å².